The summed E-state index contributed by atoms with van der Waals surface area (Å²) in [5.41, 5.74) is 1.96. The molecule has 0 radical (unpaired) electrons. The molecule has 0 bridgehead atoms. The summed E-state index contributed by atoms with van der Waals surface area (Å²) in [6.07, 6.45) is 11.1. The van der Waals surface area contributed by atoms with E-state index in [-0.39, 0.29) is 84.4 Å². The van der Waals surface area contributed by atoms with Gasteiger partial charge in [0, 0.05) is 62.6 Å². The van der Waals surface area contributed by atoms with Crippen molar-refractivity contribution in [1.29, 1.82) is 0 Å². The largest absolute Gasteiger partial charge is 0.489 e. The smallest absolute Gasteiger partial charge is 0.310 e. The van der Waals surface area contributed by atoms with E-state index in [9.17, 15) is 39.0 Å². The van der Waals surface area contributed by atoms with Crippen LogP contribution >= 0.6 is 11.8 Å². The maximum atomic E-state index is 14.0. The number of para-hydroxylation sites is 1. The third-order valence-corrected chi connectivity index (χ3v) is 13.6. The number of esters is 1. The number of carbonyl (C=O) groups is 6. The number of benzene rings is 1. The zero-order chi connectivity index (χ0) is 42.5. The van der Waals surface area contributed by atoms with Crippen LogP contribution in [-0.2, 0) is 39.9 Å². The van der Waals surface area contributed by atoms with Crippen molar-refractivity contribution in [2.24, 2.45) is 23.7 Å². The fraction of sp³-hybridized carbons (Fsp3) is 0.652. The van der Waals surface area contributed by atoms with E-state index in [4.69, 9.17) is 9.47 Å². The zero-order valence-electron chi connectivity index (χ0n) is 34.8. The van der Waals surface area contributed by atoms with Crippen LogP contribution < -0.4 is 10.1 Å². The molecule has 3 fully saturated rings. The van der Waals surface area contributed by atoms with Gasteiger partial charge in [-0.3, -0.25) is 33.7 Å². The van der Waals surface area contributed by atoms with Crippen molar-refractivity contribution in [2.75, 3.05) is 18.8 Å². The molecular weight excluding hydrogens is 773 g/mol. The number of aryl methyl sites for hydroxylation is 1. The number of carbonyl (C=O) groups excluding carboxylic acids is 5. The Labute approximate surface area is 353 Å². The number of hydrogen-bond acceptors (Lipinski definition) is 10. The maximum Gasteiger partial charge on any atom is 0.310 e. The maximum absolute atomic E-state index is 14.0. The van der Waals surface area contributed by atoms with Gasteiger partial charge in [-0.15, -0.1) is 23.6 Å². The Bertz CT molecular complexity index is 1770. The van der Waals surface area contributed by atoms with Crippen LogP contribution in [0.25, 0.3) is 0 Å². The lowest BCUT2D eigenvalue weighted by Gasteiger charge is -2.31. The number of aliphatic hydroxyl groups is 1. The summed E-state index contributed by atoms with van der Waals surface area (Å²) in [7, 11) is 0. The van der Waals surface area contributed by atoms with Crippen molar-refractivity contribution in [3.05, 3.63) is 41.5 Å². The molecule has 1 aromatic carbocycles. The van der Waals surface area contributed by atoms with Crippen molar-refractivity contribution >= 4 is 47.2 Å². The second-order valence-corrected chi connectivity index (χ2v) is 17.9. The number of unbranched alkanes of at least 4 members (excludes halogenated alkanes) is 3. The van der Waals surface area contributed by atoms with Gasteiger partial charge < -0.3 is 25.0 Å². The number of fused-ring (bicyclic) bond motifs is 3. The molecule has 9 atom stereocenters. The molecule has 59 heavy (non-hydrogen) atoms. The SMILES string of the molecule is CC#CC[C@H](C)[C@H](O)/C=C/[C@@H]1[C@H]2c3cccc(CCCC(=O)O)c3O[C@H]2C[C@H]1OC(=O)C1CCCCC1C(=O)NCCCCCCSC1CC(=O)N(CCC(C)=O)C1=O. The number of nitrogens with zero attached hydrogens (tertiary/aromatic N) is 1. The molecule has 13 heteroatoms. The summed E-state index contributed by atoms with van der Waals surface area (Å²) >= 11 is 1.50. The van der Waals surface area contributed by atoms with Gasteiger partial charge in [0.1, 0.15) is 23.7 Å². The minimum absolute atomic E-state index is 0.0488. The van der Waals surface area contributed by atoms with E-state index < -0.39 is 30.0 Å². The van der Waals surface area contributed by atoms with Gasteiger partial charge in [-0.2, -0.15) is 0 Å². The second kappa shape index (κ2) is 22.5. The lowest BCUT2D eigenvalue weighted by molar-refractivity contribution is -0.161. The number of hydrogen-bond donors (Lipinski definition) is 3. The molecule has 5 rings (SSSR count). The van der Waals surface area contributed by atoms with Gasteiger partial charge in [-0.25, -0.2) is 0 Å². The van der Waals surface area contributed by atoms with E-state index in [0.29, 0.717) is 45.1 Å². The number of rotatable bonds is 22. The molecule has 1 aromatic rings. The number of aliphatic hydroxyl groups excluding tert-OH is 1. The van der Waals surface area contributed by atoms with E-state index in [1.807, 2.05) is 31.2 Å². The van der Waals surface area contributed by atoms with Gasteiger partial charge in [-0.05, 0) is 69.6 Å². The highest BCUT2D eigenvalue weighted by atomic mass is 32.2. The number of ketones is 1. The van der Waals surface area contributed by atoms with Gasteiger partial charge in [-0.1, -0.05) is 63.0 Å². The normalized spacial score (nSPS) is 25.8. The van der Waals surface area contributed by atoms with Crippen LogP contribution in [0, 0.1) is 35.5 Å². The molecule has 1 saturated heterocycles. The topological polar surface area (TPSA) is 177 Å². The van der Waals surface area contributed by atoms with Crippen molar-refractivity contribution in [3.63, 3.8) is 0 Å². The Kier molecular flexibility index (Phi) is 17.5. The lowest BCUT2D eigenvalue weighted by Crippen LogP contribution is -2.41. The number of ether oxygens (including phenoxy) is 2. The number of likely N-dealkylation sites (tertiary alicyclic amines) is 1. The van der Waals surface area contributed by atoms with Crippen LogP contribution in [0.3, 0.4) is 0 Å². The van der Waals surface area contributed by atoms with Crippen LogP contribution in [-0.4, -0.2) is 93.0 Å². The molecule has 0 aromatic heterocycles. The molecule has 12 nitrogen and oxygen atoms in total. The Morgan fingerprint density at radius 1 is 1.07 bits per heavy atom. The van der Waals surface area contributed by atoms with E-state index in [0.717, 1.165) is 61.2 Å². The Morgan fingerprint density at radius 3 is 2.58 bits per heavy atom. The van der Waals surface area contributed by atoms with Gasteiger partial charge in [0.15, 0.2) is 0 Å². The standard InChI is InChI=1S/C46H62N2O10S/c1-4-5-14-29(2)36(50)22-21-34-37(27-38-42(34)35-19-12-15-31(43(35)57-38)16-13-20-41(52)53)58-46(56)33-18-9-8-17-32(33)44(54)47-24-10-6-7-11-26-59-39-28-40(51)48(45(39)55)25-23-30(3)49/h12,15,19,21-22,29,32-34,36-39,42,50H,6-11,13-14,16-18,20,23-28H2,1-3H3,(H,47,54)(H,52,53)/b22-21+/t29-,32?,33?,34-,36+,37+,38-,39?,42-/m0/s1. The van der Waals surface area contributed by atoms with E-state index in [1.165, 1.54) is 23.6 Å². The first kappa shape index (κ1) is 45.9. The van der Waals surface area contributed by atoms with Crippen LogP contribution in [0.1, 0.15) is 128 Å². The summed E-state index contributed by atoms with van der Waals surface area (Å²) in [5.74, 6) is 4.14. The molecule has 2 aliphatic heterocycles. The molecule has 2 heterocycles. The van der Waals surface area contributed by atoms with Crippen LogP contribution in [0.15, 0.2) is 30.4 Å². The molecule has 4 aliphatic rings. The number of amides is 3. The van der Waals surface area contributed by atoms with E-state index >= 15 is 0 Å². The Hall–Kier alpha value is -4.15. The van der Waals surface area contributed by atoms with Gasteiger partial charge in [0.05, 0.1) is 23.2 Å². The van der Waals surface area contributed by atoms with Gasteiger partial charge >= 0.3 is 11.9 Å². The van der Waals surface area contributed by atoms with Crippen molar-refractivity contribution < 1.29 is 48.5 Å². The van der Waals surface area contributed by atoms with Gasteiger partial charge in [0.2, 0.25) is 17.7 Å². The predicted molar refractivity (Wildman–Crippen MR) is 224 cm³/mol. The molecule has 3 amide bonds. The minimum atomic E-state index is -0.837. The number of carboxylic acids is 1. The van der Waals surface area contributed by atoms with Crippen LogP contribution in [0.5, 0.6) is 5.75 Å². The minimum Gasteiger partial charge on any atom is -0.489 e. The summed E-state index contributed by atoms with van der Waals surface area (Å²) in [4.78, 5) is 76.0. The summed E-state index contributed by atoms with van der Waals surface area (Å²) < 4.78 is 12.9. The monoisotopic (exact) mass is 834 g/mol. The molecule has 0 spiro atoms. The Morgan fingerprint density at radius 2 is 1.83 bits per heavy atom. The fourth-order valence-electron chi connectivity index (χ4n) is 8.92. The van der Waals surface area contributed by atoms with Crippen LogP contribution in [0.2, 0.25) is 0 Å². The van der Waals surface area contributed by atoms with E-state index in [1.54, 1.807) is 13.0 Å². The summed E-state index contributed by atoms with van der Waals surface area (Å²) in [5, 5.41) is 22.9. The van der Waals surface area contributed by atoms with Crippen molar-refractivity contribution in [2.45, 2.75) is 147 Å². The first-order chi connectivity index (χ1) is 28.4. The quantitative estimate of drug-likeness (QED) is 0.0401. The number of imide groups is 1. The average molecular weight is 835 g/mol. The average Bonchev–Trinajstić information content (AvgIpc) is 3.83. The number of thioether (sulfide) groups is 1. The third kappa shape index (κ3) is 12.4. The van der Waals surface area contributed by atoms with Crippen molar-refractivity contribution in [3.8, 4) is 17.6 Å². The summed E-state index contributed by atoms with van der Waals surface area (Å²) in [6.45, 7) is 5.83. The number of carboxylic acid groups (broad SMARTS) is 1. The molecule has 3 unspecified atom stereocenters. The Balaban J connectivity index is 1.13. The number of nitrogens with one attached hydrogen (secondary N) is 1. The number of Topliss-reactive ketones (excluding diaryl/α,β-unsaturated/α-hetero) is 1. The molecule has 3 N–H and O–H groups in total. The molecule has 322 valence electrons. The summed E-state index contributed by atoms with van der Waals surface area (Å²) in [6, 6.07) is 5.96. The first-order valence-corrected chi connectivity index (χ1v) is 22.6. The molecular formula is C46H62N2O10S. The van der Waals surface area contributed by atoms with E-state index in [2.05, 4.69) is 17.2 Å². The first-order valence-electron chi connectivity index (χ1n) is 21.6. The molecule has 2 saturated carbocycles. The van der Waals surface area contributed by atoms with Crippen molar-refractivity contribution in [1.82, 2.24) is 10.2 Å². The highest BCUT2D eigenvalue weighted by molar-refractivity contribution is 8.00. The third-order valence-electron chi connectivity index (χ3n) is 12.3. The second-order valence-electron chi connectivity index (χ2n) is 16.6. The highest BCUT2D eigenvalue weighted by Crippen LogP contribution is 2.53. The number of aliphatic carboxylic acids is 1. The molecule has 2 aliphatic carbocycles. The zero-order valence-corrected chi connectivity index (χ0v) is 35.6. The van der Waals surface area contributed by atoms with Gasteiger partial charge in [0.25, 0.3) is 0 Å². The predicted octanol–water partition coefficient (Wildman–Crippen LogP) is 6.16. The lowest BCUT2D eigenvalue weighted by atomic mass is 9.78. The highest BCUT2D eigenvalue weighted by Gasteiger charge is 2.52. The fourth-order valence-corrected chi connectivity index (χ4v) is 10.1. The van der Waals surface area contributed by atoms with Crippen LogP contribution in [0.4, 0.5) is 0 Å².